The van der Waals surface area contributed by atoms with Crippen molar-refractivity contribution in [2.75, 3.05) is 0 Å². The lowest BCUT2D eigenvalue weighted by atomic mass is 10.2. The van der Waals surface area contributed by atoms with E-state index in [0.717, 1.165) is 20.8 Å². The van der Waals surface area contributed by atoms with Gasteiger partial charge in [-0.2, -0.15) is 0 Å². The fourth-order valence-corrected chi connectivity index (χ4v) is 4.84. The number of carbonyl (C=O) groups is 1. The second kappa shape index (κ2) is 6.19. The summed E-state index contributed by atoms with van der Waals surface area (Å²) in [5, 5.41) is 0.582. The highest BCUT2D eigenvalue weighted by atomic mass is 32.2. The molecule has 5 nitrogen and oxygen atoms in total. The lowest BCUT2D eigenvalue weighted by Gasteiger charge is -2.02. The normalized spacial score (nSPS) is 11.7. The Kier molecular flexibility index (Phi) is 3.97. The first-order chi connectivity index (χ1) is 12.5. The third-order valence-corrected chi connectivity index (χ3v) is 6.65. The third-order valence-electron chi connectivity index (χ3n) is 3.94. The summed E-state index contributed by atoms with van der Waals surface area (Å²) in [4.78, 5) is 15.4. The van der Waals surface area contributed by atoms with Crippen molar-refractivity contribution in [1.82, 2.24) is 4.98 Å². The second-order valence-electron chi connectivity index (χ2n) is 5.79. The molecule has 0 spiro atoms. The monoisotopic (exact) mass is 383 g/mol. The van der Waals surface area contributed by atoms with E-state index in [4.69, 9.17) is 4.42 Å². The van der Waals surface area contributed by atoms with E-state index in [9.17, 15) is 13.2 Å². The number of rotatable bonds is 4. The highest BCUT2D eigenvalue weighted by Crippen LogP contribution is 2.32. The summed E-state index contributed by atoms with van der Waals surface area (Å²) in [5.74, 6) is -0.0232. The van der Waals surface area contributed by atoms with Gasteiger partial charge in [0, 0.05) is 5.56 Å². The number of sulfone groups is 1. The molecule has 2 heterocycles. The van der Waals surface area contributed by atoms with E-state index in [2.05, 4.69) is 11.1 Å². The van der Waals surface area contributed by atoms with Crippen LogP contribution in [0.1, 0.15) is 16.1 Å². The summed E-state index contributed by atoms with van der Waals surface area (Å²) >= 11 is 1.56. The first kappa shape index (κ1) is 16.7. The fourth-order valence-electron chi connectivity index (χ4n) is 2.59. The molecule has 2 aromatic carbocycles. The smallest absolute Gasteiger partial charge is 0.239 e. The molecule has 0 aliphatic rings. The predicted molar refractivity (Wildman–Crippen MR) is 99.3 cm³/mol. The first-order valence-corrected chi connectivity index (χ1v) is 10.0. The summed E-state index contributed by atoms with van der Waals surface area (Å²) in [6.07, 6.45) is 0.469. The molecule has 0 bridgehead atoms. The van der Waals surface area contributed by atoms with Crippen LogP contribution in [0.3, 0.4) is 0 Å². The van der Waals surface area contributed by atoms with Gasteiger partial charge in [0.05, 0.1) is 15.1 Å². The van der Waals surface area contributed by atoms with Crippen molar-refractivity contribution in [2.24, 2.45) is 0 Å². The highest BCUT2D eigenvalue weighted by Gasteiger charge is 2.22. The van der Waals surface area contributed by atoms with Gasteiger partial charge in [0.25, 0.3) is 0 Å². The predicted octanol–water partition coefficient (Wildman–Crippen LogP) is 4.51. The van der Waals surface area contributed by atoms with E-state index >= 15 is 0 Å². The molecule has 0 amide bonds. The van der Waals surface area contributed by atoms with E-state index in [-0.39, 0.29) is 15.7 Å². The van der Waals surface area contributed by atoms with Crippen LogP contribution in [0, 0.1) is 6.92 Å². The number of carbonyl (C=O) groups excluding carboxylic acids is 1. The second-order valence-corrected chi connectivity index (χ2v) is 8.70. The number of nitrogens with zero attached hydrogens (tertiary/aromatic N) is 1. The third kappa shape index (κ3) is 2.85. The van der Waals surface area contributed by atoms with E-state index in [1.165, 1.54) is 29.8 Å². The van der Waals surface area contributed by atoms with Gasteiger partial charge in [0.15, 0.2) is 12.0 Å². The Hall–Kier alpha value is -2.77. The Bertz CT molecular complexity index is 1220. The van der Waals surface area contributed by atoms with Crippen LogP contribution in [0.4, 0.5) is 0 Å². The SMILES string of the molecule is Cc1ccc2nc(-c3ccc(S(=O)(=O)c4ccc(C=O)o4)cc3)sc2c1. The molecule has 0 radical (unpaired) electrons. The van der Waals surface area contributed by atoms with Crippen LogP contribution < -0.4 is 0 Å². The molecule has 26 heavy (non-hydrogen) atoms. The zero-order chi connectivity index (χ0) is 18.3. The number of hydrogen-bond donors (Lipinski definition) is 0. The first-order valence-electron chi connectivity index (χ1n) is 7.75. The number of aldehydes is 1. The van der Waals surface area contributed by atoms with Crippen molar-refractivity contribution in [3.8, 4) is 10.6 Å². The molecule has 0 aliphatic heterocycles. The van der Waals surface area contributed by atoms with Gasteiger partial charge < -0.3 is 4.42 Å². The number of aromatic nitrogens is 1. The Morgan fingerprint density at radius 3 is 2.50 bits per heavy atom. The van der Waals surface area contributed by atoms with Gasteiger partial charge in [-0.15, -0.1) is 11.3 Å². The molecule has 2 aromatic heterocycles. The van der Waals surface area contributed by atoms with Crippen molar-refractivity contribution in [1.29, 1.82) is 0 Å². The van der Waals surface area contributed by atoms with Gasteiger partial charge in [0.1, 0.15) is 5.01 Å². The number of benzene rings is 2. The molecule has 7 heteroatoms. The molecule has 0 aliphatic carbocycles. The number of hydrogen-bond acceptors (Lipinski definition) is 6. The lowest BCUT2D eigenvalue weighted by molar-refractivity contribution is 0.109. The number of aryl methyl sites for hydroxylation is 1. The summed E-state index contributed by atoms with van der Waals surface area (Å²) in [6.45, 7) is 2.03. The highest BCUT2D eigenvalue weighted by molar-refractivity contribution is 7.91. The van der Waals surface area contributed by atoms with E-state index < -0.39 is 9.84 Å². The maximum absolute atomic E-state index is 12.6. The zero-order valence-corrected chi connectivity index (χ0v) is 15.3. The average molecular weight is 383 g/mol. The number of fused-ring (bicyclic) bond motifs is 1. The minimum atomic E-state index is -3.80. The summed E-state index contributed by atoms with van der Waals surface area (Å²) in [5.41, 5.74) is 2.93. The van der Waals surface area contributed by atoms with Gasteiger partial charge in [-0.25, -0.2) is 13.4 Å². The average Bonchev–Trinajstić information content (AvgIpc) is 3.28. The van der Waals surface area contributed by atoms with Crippen molar-refractivity contribution in [3.63, 3.8) is 0 Å². The molecule has 0 atom stereocenters. The minimum absolute atomic E-state index is 0.0232. The molecule has 0 fully saturated rings. The molecule has 4 aromatic rings. The van der Waals surface area contributed by atoms with Crippen LogP contribution in [0.5, 0.6) is 0 Å². The molecular weight excluding hydrogens is 370 g/mol. The van der Waals surface area contributed by atoms with Crippen LogP contribution in [0.15, 0.2) is 69.0 Å². The van der Waals surface area contributed by atoms with Crippen LogP contribution in [0.2, 0.25) is 0 Å². The summed E-state index contributed by atoms with van der Waals surface area (Å²) in [6, 6.07) is 15.2. The molecule has 4 rings (SSSR count). The van der Waals surface area contributed by atoms with Gasteiger partial charge in [-0.1, -0.05) is 18.2 Å². The van der Waals surface area contributed by atoms with Gasteiger partial charge >= 0.3 is 0 Å². The van der Waals surface area contributed by atoms with E-state index in [0.29, 0.717) is 6.29 Å². The van der Waals surface area contributed by atoms with Gasteiger partial charge in [-0.05, 0) is 48.9 Å². The Morgan fingerprint density at radius 2 is 1.81 bits per heavy atom. The Balaban J connectivity index is 1.70. The van der Waals surface area contributed by atoms with E-state index in [1.54, 1.807) is 23.5 Å². The Labute approximate surface area is 153 Å². The van der Waals surface area contributed by atoms with Crippen molar-refractivity contribution < 1.29 is 17.6 Å². The maximum atomic E-state index is 12.6. The fraction of sp³-hybridized carbons (Fsp3) is 0.0526. The van der Waals surface area contributed by atoms with Crippen LogP contribution in [-0.2, 0) is 9.84 Å². The lowest BCUT2D eigenvalue weighted by Crippen LogP contribution is -2.00. The number of thiazole rings is 1. The molecule has 0 N–H and O–H groups in total. The van der Waals surface area contributed by atoms with Crippen molar-refractivity contribution in [3.05, 3.63) is 65.9 Å². The van der Waals surface area contributed by atoms with Crippen LogP contribution in [-0.4, -0.2) is 19.7 Å². The van der Waals surface area contributed by atoms with Crippen molar-refractivity contribution in [2.45, 2.75) is 16.9 Å². The van der Waals surface area contributed by atoms with E-state index in [1.807, 2.05) is 19.1 Å². The van der Waals surface area contributed by atoms with Crippen molar-refractivity contribution >= 4 is 37.7 Å². The largest absolute Gasteiger partial charge is 0.442 e. The standard InChI is InChI=1S/C19H13NO4S2/c1-12-2-8-16-17(10-12)25-19(20-16)13-3-6-15(7-4-13)26(22,23)18-9-5-14(11-21)24-18/h2-11H,1H3. The molecule has 0 saturated heterocycles. The topological polar surface area (TPSA) is 77.2 Å². The summed E-state index contributed by atoms with van der Waals surface area (Å²) < 4.78 is 31.3. The zero-order valence-electron chi connectivity index (χ0n) is 13.7. The molecule has 0 unspecified atom stereocenters. The van der Waals surface area contributed by atoms with Gasteiger partial charge in [0.2, 0.25) is 14.9 Å². The Morgan fingerprint density at radius 1 is 1.04 bits per heavy atom. The maximum Gasteiger partial charge on any atom is 0.239 e. The quantitative estimate of drug-likeness (QED) is 0.485. The number of furan rings is 1. The van der Waals surface area contributed by atoms with Crippen LogP contribution >= 0.6 is 11.3 Å². The minimum Gasteiger partial charge on any atom is -0.442 e. The summed E-state index contributed by atoms with van der Waals surface area (Å²) in [7, 11) is -3.80. The molecular formula is C19H13NO4S2. The van der Waals surface area contributed by atoms with Crippen LogP contribution in [0.25, 0.3) is 20.8 Å². The molecule has 0 saturated carbocycles. The van der Waals surface area contributed by atoms with Gasteiger partial charge in [-0.3, -0.25) is 4.79 Å². The molecule has 130 valence electrons.